The van der Waals surface area contributed by atoms with Crippen molar-refractivity contribution < 1.29 is 14.4 Å². The van der Waals surface area contributed by atoms with Gasteiger partial charge in [-0.25, -0.2) is 0 Å². The lowest BCUT2D eigenvalue weighted by atomic mass is 9.99. The number of hydrogen-bond acceptors (Lipinski definition) is 6. The molecule has 0 N–H and O–H groups in total. The summed E-state index contributed by atoms with van der Waals surface area (Å²) >= 11 is 3.54. The summed E-state index contributed by atoms with van der Waals surface area (Å²) in [4.78, 5) is 35.3. The molecule has 0 heterocycles. The molecular formula is C17H24O3S3. The van der Waals surface area contributed by atoms with Crippen LogP contribution in [0, 0.1) is 5.41 Å². The SMILES string of the molecule is C=C(C)C(=O)SCC(C)(CSC(=O)C(=C)C)CSC(=O)C(=C)C. The second-order valence-corrected chi connectivity index (χ2v) is 8.72. The van der Waals surface area contributed by atoms with E-state index in [-0.39, 0.29) is 20.8 Å². The molecule has 0 aliphatic rings. The third kappa shape index (κ3) is 9.23. The predicted molar refractivity (Wildman–Crippen MR) is 105 cm³/mol. The quantitative estimate of drug-likeness (QED) is 0.555. The fourth-order valence-electron chi connectivity index (χ4n) is 1.21. The third-order valence-corrected chi connectivity index (χ3v) is 7.06. The number of carbonyl (C=O) groups excluding carboxylic acids is 3. The molecule has 0 aromatic rings. The lowest BCUT2D eigenvalue weighted by Crippen LogP contribution is -2.28. The van der Waals surface area contributed by atoms with Crippen molar-refractivity contribution in [1.29, 1.82) is 0 Å². The van der Waals surface area contributed by atoms with E-state index in [1.54, 1.807) is 20.8 Å². The van der Waals surface area contributed by atoms with Gasteiger partial charge in [0.2, 0.25) is 15.3 Å². The maximum Gasteiger partial charge on any atom is 0.214 e. The zero-order valence-corrected chi connectivity index (χ0v) is 16.6. The van der Waals surface area contributed by atoms with Crippen LogP contribution in [0.1, 0.15) is 27.7 Å². The van der Waals surface area contributed by atoms with E-state index in [4.69, 9.17) is 0 Å². The Hall–Kier alpha value is -0.720. The Balaban J connectivity index is 4.87. The molecule has 6 heteroatoms. The summed E-state index contributed by atoms with van der Waals surface area (Å²) in [5.74, 6) is 1.56. The van der Waals surface area contributed by atoms with Crippen molar-refractivity contribution in [1.82, 2.24) is 0 Å². The normalized spacial score (nSPS) is 11.0. The Bertz CT molecular complexity index is 461. The summed E-state index contributed by atoms with van der Waals surface area (Å²) in [5, 5.41) is -0.198. The van der Waals surface area contributed by atoms with Crippen LogP contribution in [0.2, 0.25) is 0 Å². The summed E-state index contributed by atoms with van der Waals surface area (Å²) in [6, 6.07) is 0. The van der Waals surface area contributed by atoms with Crippen LogP contribution in [0.4, 0.5) is 0 Å². The van der Waals surface area contributed by atoms with Crippen molar-refractivity contribution >= 4 is 50.6 Å². The molecule has 0 amide bonds. The van der Waals surface area contributed by atoms with Crippen LogP contribution in [0.25, 0.3) is 0 Å². The van der Waals surface area contributed by atoms with Gasteiger partial charge < -0.3 is 0 Å². The van der Waals surface area contributed by atoms with Gasteiger partial charge in [-0.05, 0) is 42.9 Å². The fraction of sp³-hybridized carbons (Fsp3) is 0.471. The molecule has 0 aromatic heterocycles. The average Bonchev–Trinajstić information content (AvgIpc) is 2.47. The second-order valence-electron chi connectivity index (χ2n) is 5.88. The molecule has 0 saturated carbocycles. The molecule has 3 nitrogen and oxygen atoms in total. The highest BCUT2D eigenvalue weighted by atomic mass is 32.2. The average molecular weight is 373 g/mol. The van der Waals surface area contributed by atoms with Crippen molar-refractivity contribution in [2.45, 2.75) is 27.7 Å². The minimum atomic E-state index is -0.346. The van der Waals surface area contributed by atoms with E-state index in [2.05, 4.69) is 19.7 Å². The minimum Gasteiger partial charge on any atom is -0.282 e. The van der Waals surface area contributed by atoms with Crippen LogP contribution >= 0.6 is 35.3 Å². The van der Waals surface area contributed by atoms with Crippen LogP contribution in [-0.2, 0) is 14.4 Å². The van der Waals surface area contributed by atoms with Crippen LogP contribution in [-0.4, -0.2) is 32.6 Å². The van der Waals surface area contributed by atoms with E-state index in [0.29, 0.717) is 34.0 Å². The van der Waals surface area contributed by atoms with Crippen molar-refractivity contribution in [3.8, 4) is 0 Å². The molecule has 0 rings (SSSR count). The highest BCUT2D eigenvalue weighted by Gasteiger charge is 2.28. The molecular weight excluding hydrogens is 348 g/mol. The van der Waals surface area contributed by atoms with E-state index >= 15 is 0 Å². The van der Waals surface area contributed by atoms with Gasteiger partial charge in [-0.1, -0.05) is 61.9 Å². The number of rotatable bonds is 9. The molecule has 0 saturated heterocycles. The minimum absolute atomic E-state index is 0.0660. The molecule has 128 valence electrons. The predicted octanol–water partition coefficient (Wildman–Crippen LogP) is 4.50. The molecule has 0 bridgehead atoms. The zero-order valence-electron chi connectivity index (χ0n) is 14.2. The first kappa shape index (κ1) is 22.3. The first-order chi connectivity index (χ1) is 10.5. The van der Waals surface area contributed by atoms with Gasteiger partial charge in [0.25, 0.3) is 0 Å². The lowest BCUT2D eigenvalue weighted by Gasteiger charge is -2.27. The zero-order chi connectivity index (χ0) is 18.2. The Labute approximate surface area is 151 Å². The van der Waals surface area contributed by atoms with E-state index in [1.165, 1.54) is 35.3 Å². The Kier molecular flexibility index (Phi) is 9.89. The molecule has 0 atom stereocenters. The van der Waals surface area contributed by atoms with E-state index < -0.39 is 0 Å². The molecule has 0 radical (unpaired) electrons. The maximum atomic E-state index is 11.8. The molecule has 0 spiro atoms. The lowest BCUT2D eigenvalue weighted by molar-refractivity contribution is -0.108. The summed E-state index contributed by atoms with van der Waals surface area (Å²) in [7, 11) is 0. The first-order valence-electron chi connectivity index (χ1n) is 6.96. The van der Waals surface area contributed by atoms with Crippen LogP contribution in [0.3, 0.4) is 0 Å². The highest BCUT2D eigenvalue weighted by molar-refractivity contribution is 8.15. The third-order valence-electron chi connectivity index (χ3n) is 2.70. The summed E-state index contributed by atoms with van der Waals surface area (Å²) in [5.41, 5.74) is 1.14. The largest absolute Gasteiger partial charge is 0.282 e. The van der Waals surface area contributed by atoms with Gasteiger partial charge in [-0.15, -0.1) is 0 Å². The van der Waals surface area contributed by atoms with Crippen LogP contribution in [0.15, 0.2) is 36.5 Å². The van der Waals surface area contributed by atoms with Gasteiger partial charge in [0.15, 0.2) is 0 Å². The van der Waals surface area contributed by atoms with Gasteiger partial charge in [-0.3, -0.25) is 14.4 Å². The van der Waals surface area contributed by atoms with E-state index in [1.807, 2.05) is 6.92 Å². The molecule has 0 aromatic carbocycles. The maximum absolute atomic E-state index is 11.8. The summed E-state index contributed by atoms with van der Waals surface area (Å²) < 4.78 is 0. The van der Waals surface area contributed by atoms with Crippen molar-refractivity contribution in [2.24, 2.45) is 5.41 Å². The van der Waals surface area contributed by atoms with Gasteiger partial charge >= 0.3 is 0 Å². The van der Waals surface area contributed by atoms with Gasteiger partial charge in [-0.2, -0.15) is 0 Å². The Morgan fingerprint density at radius 2 is 0.913 bits per heavy atom. The topological polar surface area (TPSA) is 51.2 Å². The molecule has 0 fully saturated rings. The monoisotopic (exact) mass is 372 g/mol. The van der Waals surface area contributed by atoms with Gasteiger partial charge in [0.05, 0.1) is 0 Å². The van der Waals surface area contributed by atoms with Crippen molar-refractivity contribution in [3.63, 3.8) is 0 Å². The Morgan fingerprint density at radius 1 is 0.696 bits per heavy atom. The van der Waals surface area contributed by atoms with Crippen LogP contribution in [0.5, 0.6) is 0 Å². The summed E-state index contributed by atoms with van der Waals surface area (Å²) in [6.07, 6.45) is 0. The first-order valence-corrected chi connectivity index (χ1v) is 9.92. The van der Waals surface area contributed by atoms with E-state index in [9.17, 15) is 14.4 Å². The second kappa shape index (κ2) is 10.2. The number of hydrogen-bond donors (Lipinski definition) is 0. The smallest absolute Gasteiger partial charge is 0.214 e. The molecule has 0 aliphatic heterocycles. The standard InChI is InChI=1S/C17H24O3S3/c1-11(2)14(18)21-8-17(7,9-22-15(19)12(3)4)10-23-16(20)13(5)6/h1,3,5,8-10H2,2,4,6-7H3. The number of carbonyl (C=O) groups is 3. The Morgan fingerprint density at radius 3 is 1.09 bits per heavy atom. The molecule has 0 aliphatic carbocycles. The van der Waals surface area contributed by atoms with Gasteiger partial charge in [0.1, 0.15) is 0 Å². The fourth-order valence-corrected chi connectivity index (χ4v) is 4.39. The van der Waals surface area contributed by atoms with Crippen LogP contribution < -0.4 is 0 Å². The summed E-state index contributed by atoms with van der Waals surface area (Å²) in [6.45, 7) is 17.9. The molecule has 23 heavy (non-hydrogen) atoms. The van der Waals surface area contributed by atoms with E-state index in [0.717, 1.165) is 0 Å². The van der Waals surface area contributed by atoms with Gasteiger partial charge in [0, 0.05) is 17.3 Å². The van der Waals surface area contributed by atoms with Crippen molar-refractivity contribution in [3.05, 3.63) is 36.5 Å². The highest BCUT2D eigenvalue weighted by Crippen LogP contribution is 2.33. The van der Waals surface area contributed by atoms with Crippen molar-refractivity contribution in [2.75, 3.05) is 17.3 Å². The molecule has 0 unspecified atom stereocenters. The number of thioether (sulfide) groups is 3.